The quantitative estimate of drug-likeness (QED) is 0.430. The van der Waals surface area contributed by atoms with E-state index >= 15 is 0 Å². The van der Waals surface area contributed by atoms with Crippen LogP contribution >= 0.6 is 23.8 Å². The Morgan fingerprint density at radius 3 is 2.38 bits per heavy atom. The second-order valence-electron chi connectivity index (χ2n) is 7.90. The van der Waals surface area contributed by atoms with Crippen molar-refractivity contribution in [3.05, 3.63) is 64.2 Å². The summed E-state index contributed by atoms with van der Waals surface area (Å²) in [5, 5.41) is 15.9. The van der Waals surface area contributed by atoms with Crippen molar-refractivity contribution >= 4 is 46.6 Å². The average Bonchev–Trinajstić information content (AvgIpc) is 2.73. The number of benzene rings is 2. The highest BCUT2D eigenvalue weighted by atomic mass is 35.5. The van der Waals surface area contributed by atoms with Crippen molar-refractivity contribution in [3.63, 3.8) is 0 Å². The van der Waals surface area contributed by atoms with Gasteiger partial charge < -0.3 is 24.9 Å². The molecule has 0 amide bonds. The van der Waals surface area contributed by atoms with Crippen LogP contribution in [0.25, 0.3) is 0 Å². The Balaban J connectivity index is 2.30. The number of esters is 1. The number of aryl methyl sites for hydroxylation is 1. The van der Waals surface area contributed by atoms with Gasteiger partial charge in [-0.2, -0.15) is 0 Å². The molecule has 0 radical (unpaired) electrons. The molecule has 0 aliphatic carbocycles. The van der Waals surface area contributed by atoms with Crippen LogP contribution < -0.4 is 10.4 Å². The molecule has 2 rings (SSSR count). The van der Waals surface area contributed by atoms with Crippen LogP contribution in [0.1, 0.15) is 48.7 Å². The van der Waals surface area contributed by atoms with Gasteiger partial charge in [-0.25, -0.2) is 4.79 Å². The fourth-order valence-electron chi connectivity index (χ4n) is 3.14. The van der Waals surface area contributed by atoms with Crippen molar-refractivity contribution < 1.29 is 19.4 Å². The first-order valence-corrected chi connectivity index (χ1v) is 11.2. The van der Waals surface area contributed by atoms with E-state index in [0.29, 0.717) is 29.3 Å². The molecule has 32 heavy (non-hydrogen) atoms. The number of rotatable bonds is 9. The molecule has 0 fully saturated rings. The molecule has 6 nitrogen and oxygen atoms in total. The van der Waals surface area contributed by atoms with Crippen molar-refractivity contribution in [2.24, 2.45) is 5.92 Å². The lowest BCUT2D eigenvalue weighted by molar-refractivity contribution is -0.311. The maximum atomic E-state index is 12.0. The molecule has 1 unspecified atom stereocenters. The fourth-order valence-corrected chi connectivity index (χ4v) is 3.63. The minimum Gasteiger partial charge on any atom is -0.548 e. The topological polar surface area (TPSA) is 81.7 Å². The number of anilines is 1. The lowest BCUT2D eigenvalue weighted by atomic mass is 10.0. The van der Waals surface area contributed by atoms with Gasteiger partial charge in [-0.15, -0.1) is 0 Å². The molecule has 0 aliphatic heterocycles. The number of hydrogen-bond donors (Lipinski definition) is 1. The number of hydrogen-bond acceptors (Lipinski definition) is 5. The van der Waals surface area contributed by atoms with Gasteiger partial charge in [0.15, 0.2) is 5.11 Å². The summed E-state index contributed by atoms with van der Waals surface area (Å²) in [4.78, 5) is 25.5. The summed E-state index contributed by atoms with van der Waals surface area (Å²) in [7, 11) is 0. The Kier molecular flexibility index (Phi) is 9.47. The van der Waals surface area contributed by atoms with Crippen LogP contribution in [0.5, 0.6) is 0 Å². The number of thiocarbonyl (C=S) groups is 1. The van der Waals surface area contributed by atoms with E-state index in [-0.39, 0.29) is 17.6 Å². The van der Waals surface area contributed by atoms with Gasteiger partial charge in [0.1, 0.15) is 0 Å². The predicted octanol–water partition coefficient (Wildman–Crippen LogP) is 4.19. The minimum atomic E-state index is -1.20. The van der Waals surface area contributed by atoms with Crippen molar-refractivity contribution in [2.45, 2.75) is 46.7 Å². The highest BCUT2D eigenvalue weighted by molar-refractivity contribution is 7.80. The van der Waals surface area contributed by atoms with Crippen molar-refractivity contribution in [1.82, 2.24) is 4.90 Å². The molecule has 8 heteroatoms. The van der Waals surface area contributed by atoms with Gasteiger partial charge in [-0.05, 0) is 73.8 Å². The van der Waals surface area contributed by atoms with Gasteiger partial charge in [0, 0.05) is 17.3 Å². The summed E-state index contributed by atoms with van der Waals surface area (Å²) in [6.45, 7) is 8.04. The number of carbonyl (C=O) groups excluding carboxylic acids is 2. The third-order valence-electron chi connectivity index (χ3n) is 4.84. The van der Waals surface area contributed by atoms with Gasteiger partial charge in [-0.1, -0.05) is 43.6 Å². The number of nitrogens with one attached hydrogen (secondary N) is 1. The van der Waals surface area contributed by atoms with E-state index in [1.54, 1.807) is 42.2 Å². The van der Waals surface area contributed by atoms with E-state index in [0.717, 1.165) is 11.1 Å². The Morgan fingerprint density at radius 2 is 1.84 bits per heavy atom. The molecule has 0 aliphatic rings. The SMILES string of the molecule is CCOC(=O)c1ccc(CN(C(=S)Nc2ccc(C)c(Cl)c2)C(CC(C)C)C(=O)[O-])cc1. The van der Waals surface area contributed by atoms with E-state index in [1.165, 1.54) is 0 Å². The van der Waals surface area contributed by atoms with Crippen LogP contribution in [-0.2, 0) is 16.1 Å². The first-order valence-electron chi connectivity index (χ1n) is 10.4. The lowest BCUT2D eigenvalue weighted by Gasteiger charge is -2.36. The number of nitrogens with zero attached hydrogens (tertiary/aromatic N) is 1. The Morgan fingerprint density at radius 1 is 1.19 bits per heavy atom. The number of ether oxygens (including phenoxy) is 1. The predicted molar refractivity (Wildman–Crippen MR) is 129 cm³/mol. The molecule has 1 atom stereocenters. The number of aliphatic carboxylic acids is 1. The maximum Gasteiger partial charge on any atom is 0.338 e. The molecule has 1 N–H and O–H groups in total. The summed E-state index contributed by atoms with van der Waals surface area (Å²) in [6, 6.07) is 11.3. The van der Waals surface area contributed by atoms with Gasteiger partial charge in [-0.3, -0.25) is 0 Å². The molecule has 0 aromatic heterocycles. The van der Waals surface area contributed by atoms with E-state index in [1.807, 2.05) is 32.9 Å². The fraction of sp³-hybridized carbons (Fsp3) is 0.375. The van der Waals surface area contributed by atoms with Crippen LogP contribution in [0.15, 0.2) is 42.5 Å². The zero-order valence-electron chi connectivity index (χ0n) is 18.7. The zero-order chi connectivity index (χ0) is 23.8. The number of halogens is 1. The van der Waals surface area contributed by atoms with Crippen LogP contribution in [0, 0.1) is 12.8 Å². The summed E-state index contributed by atoms with van der Waals surface area (Å²) < 4.78 is 5.01. The monoisotopic (exact) mass is 475 g/mol. The molecular formula is C24H28ClN2O4S-. The van der Waals surface area contributed by atoms with Gasteiger partial charge in [0.25, 0.3) is 0 Å². The Bertz CT molecular complexity index is 963. The van der Waals surface area contributed by atoms with Gasteiger partial charge in [0.05, 0.1) is 24.2 Å². The van der Waals surface area contributed by atoms with E-state index in [4.69, 9.17) is 28.6 Å². The smallest absolute Gasteiger partial charge is 0.338 e. The molecular weight excluding hydrogens is 448 g/mol. The second kappa shape index (κ2) is 11.8. The molecule has 0 bridgehead atoms. The molecule has 0 saturated carbocycles. The van der Waals surface area contributed by atoms with Crippen LogP contribution in [-0.4, -0.2) is 34.6 Å². The highest BCUT2D eigenvalue weighted by Gasteiger charge is 2.24. The molecule has 2 aromatic rings. The Hall–Kier alpha value is -2.64. The molecule has 172 valence electrons. The average molecular weight is 476 g/mol. The molecule has 0 spiro atoms. The number of carbonyl (C=O) groups is 2. The first-order chi connectivity index (χ1) is 15.1. The molecule has 2 aromatic carbocycles. The van der Waals surface area contributed by atoms with E-state index in [2.05, 4.69) is 5.32 Å². The Labute approximate surface area is 199 Å². The summed E-state index contributed by atoms with van der Waals surface area (Å²) in [5.74, 6) is -1.49. The highest BCUT2D eigenvalue weighted by Crippen LogP contribution is 2.22. The minimum absolute atomic E-state index is 0.114. The third kappa shape index (κ3) is 7.21. The zero-order valence-corrected chi connectivity index (χ0v) is 20.3. The van der Waals surface area contributed by atoms with Crippen LogP contribution in [0.3, 0.4) is 0 Å². The summed E-state index contributed by atoms with van der Waals surface area (Å²) in [6.07, 6.45) is 0.361. The van der Waals surface area contributed by atoms with Crippen molar-refractivity contribution in [3.8, 4) is 0 Å². The van der Waals surface area contributed by atoms with Gasteiger partial charge >= 0.3 is 5.97 Å². The van der Waals surface area contributed by atoms with Crippen molar-refractivity contribution in [2.75, 3.05) is 11.9 Å². The molecule has 0 saturated heterocycles. The normalized spacial score (nSPS) is 11.7. The van der Waals surface area contributed by atoms with E-state index in [9.17, 15) is 14.7 Å². The van der Waals surface area contributed by atoms with Crippen LogP contribution in [0.4, 0.5) is 5.69 Å². The second-order valence-corrected chi connectivity index (χ2v) is 8.70. The summed E-state index contributed by atoms with van der Waals surface area (Å²) >= 11 is 11.8. The van der Waals surface area contributed by atoms with E-state index < -0.39 is 18.0 Å². The summed E-state index contributed by atoms with van der Waals surface area (Å²) in [5.41, 5.74) is 2.80. The van der Waals surface area contributed by atoms with Crippen LogP contribution in [0.2, 0.25) is 5.02 Å². The third-order valence-corrected chi connectivity index (χ3v) is 5.59. The first kappa shape index (κ1) is 25.6. The van der Waals surface area contributed by atoms with Gasteiger partial charge in [0.2, 0.25) is 0 Å². The van der Waals surface area contributed by atoms with Crippen molar-refractivity contribution in [1.29, 1.82) is 0 Å². The lowest BCUT2D eigenvalue weighted by Crippen LogP contribution is -2.52. The largest absolute Gasteiger partial charge is 0.548 e. The molecule has 0 heterocycles. The standard InChI is InChI=1S/C24H29ClN2O4S/c1-5-31-23(30)18-9-7-17(8-10-18)14-27(21(22(28)29)12-15(2)3)24(32)26-19-11-6-16(4)20(25)13-19/h6-11,13,15,21H,5,12,14H2,1-4H3,(H,26,32)(H,28,29)/p-1. The number of carboxylic acids is 1. The maximum absolute atomic E-state index is 12.0. The number of carboxylic acid groups (broad SMARTS) is 1.